The summed E-state index contributed by atoms with van der Waals surface area (Å²) >= 11 is 0. The minimum absolute atomic E-state index is 0.195. The first-order valence-corrected chi connectivity index (χ1v) is 10.8. The number of nitrogens with zero attached hydrogens (tertiary/aromatic N) is 5. The van der Waals surface area contributed by atoms with Gasteiger partial charge in [0.2, 0.25) is 0 Å². The first-order valence-electron chi connectivity index (χ1n) is 10.8. The number of nitrogens with one attached hydrogen (secondary N) is 1. The molecule has 8 heteroatoms. The third-order valence-electron chi connectivity index (χ3n) is 5.34. The number of ether oxygens (including phenoxy) is 1. The van der Waals surface area contributed by atoms with Gasteiger partial charge in [-0.3, -0.25) is 9.48 Å². The van der Waals surface area contributed by atoms with Gasteiger partial charge >= 0.3 is 0 Å². The van der Waals surface area contributed by atoms with Crippen molar-refractivity contribution in [1.82, 2.24) is 24.4 Å². The fraction of sp³-hybridized carbons (Fsp3) is 0.391. The third kappa shape index (κ3) is 4.52. The Morgan fingerprint density at radius 2 is 2.06 bits per heavy atom. The van der Waals surface area contributed by atoms with E-state index in [4.69, 9.17) is 4.74 Å². The van der Waals surface area contributed by atoms with Crippen molar-refractivity contribution < 1.29 is 9.53 Å². The lowest BCUT2D eigenvalue weighted by atomic mass is 9.96. The van der Waals surface area contributed by atoms with Crippen LogP contribution in [0.2, 0.25) is 0 Å². The van der Waals surface area contributed by atoms with Crippen molar-refractivity contribution in [1.29, 1.82) is 0 Å². The Morgan fingerprint density at radius 3 is 2.77 bits per heavy atom. The third-order valence-corrected chi connectivity index (χ3v) is 5.34. The van der Waals surface area contributed by atoms with Crippen molar-refractivity contribution in [2.45, 2.75) is 52.1 Å². The maximum Gasteiger partial charge on any atom is 0.261 e. The molecule has 1 amide bonds. The molecule has 8 nitrogen and oxygen atoms in total. The molecule has 3 aromatic heterocycles. The Kier molecular flexibility index (Phi) is 6.16. The highest BCUT2D eigenvalue weighted by atomic mass is 16.5. The predicted octanol–water partition coefficient (Wildman–Crippen LogP) is 4.61. The van der Waals surface area contributed by atoms with E-state index in [1.165, 1.54) is 25.5 Å². The molecule has 1 aromatic carbocycles. The second kappa shape index (κ2) is 9.16. The largest absolute Gasteiger partial charge is 0.488 e. The average Bonchev–Trinajstić information content (AvgIpc) is 3.33. The maximum atomic E-state index is 12.9. The molecule has 1 aliphatic carbocycles. The molecule has 1 saturated carbocycles. The topological polar surface area (TPSA) is 86.3 Å². The zero-order chi connectivity index (χ0) is 21.8. The number of benzene rings is 1. The van der Waals surface area contributed by atoms with Crippen LogP contribution in [0.5, 0.6) is 5.75 Å². The van der Waals surface area contributed by atoms with Crippen molar-refractivity contribution >= 4 is 28.1 Å². The fourth-order valence-electron chi connectivity index (χ4n) is 3.22. The van der Waals surface area contributed by atoms with Crippen molar-refractivity contribution in [3.63, 3.8) is 0 Å². The molecule has 4 aromatic rings. The molecule has 0 saturated heterocycles. The molecule has 0 bridgehead atoms. The van der Waals surface area contributed by atoms with Gasteiger partial charge in [0.15, 0.2) is 5.65 Å². The van der Waals surface area contributed by atoms with E-state index in [9.17, 15) is 4.79 Å². The summed E-state index contributed by atoms with van der Waals surface area (Å²) in [5.74, 6) is 0.370. The molecule has 0 atom stereocenters. The first-order chi connectivity index (χ1) is 15.1. The molecular weight excluding hydrogens is 392 g/mol. The Hall–Kier alpha value is -3.42. The maximum absolute atomic E-state index is 12.9. The Bertz CT molecular complexity index is 1190. The second-order valence-corrected chi connectivity index (χ2v) is 7.78. The highest BCUT2D eigenvalue weighted by Crippen LogP contribution is 2.34. The molecule has 1 N–H and O–H groups in total. The average molecular weight is 421 g/mol. The number of hydrogen-bond acceptors (Lipinski definition) is 5. The van der Waals surface area contributed by atoms with E-state index in [0.29, 0.717) is 22.6 Å². The van der Waals surface area contributed by atoms with Crippen molar-refractivity contribution in [3.8, 4) is 5.75 Å². The van der Waals surface area contributed by atoms with Crippen LogP contribution in [0.1, 0.15) is 56.3 Å². The highest BCUT2D eigenvalue weighted by Gasteiger charge is 2.22. The van der Waals surface area contributed by atoms with Crippen LogP contribution in [0.15, 0.2) is 43.0 Å². The van der Waals surface area contributed by atoms with Crippen LogP contribution in [0.3, 0.4) is 0 Å². The first kappa shape index (κ1) is 20.8. The SMILES string of the molecule is CCCC.Cn1cc2cc(NC(=O)c3cnn4cccnc34)c(OC3CCC3)cc2n1. The molecular formula is C23H28N6O2. The number of hydrogen-bond donors (Lipinski definition) is 1. The number of anilines is 1. The minimum atomic E-state index is -0.273. The van der Waals surface area contributed by atoms with Crippen LogP contribution >= 0.6 is 0 Å². The molecule has 0 radical (unpaired) electrons. The number of fused-ring (bicyclic) bond motifs is 2. The molecule has 1 fully saturated rings. The Labute approximate surface area is 181 Å². The number of carbonyl (C=O) groups is 1. The van der Waals surface area contributed by atoms with Gasteiger partial charge in [0.25, 0.3) is 5.91 Å². The summed E-state index contributed by atoms with van der Waals surface area (Å²) in [6, 6.07) is 5.55. The number of carbonyl (C=O) groups excluding carboxylic acids is 1. The number of rotatable bonds is 5. The van der Waals surface area contributed by atoms with Crippen LogP contribution in [0.4, 0.5) is 5.69 Å². The molecule has 1 aliphatic rings. The van der Waals surface area contributed by atoms with Crippen LogP contribution in [-0.4, -0.2) is 36.4 Å². The summed E-state index contributed by atoms with van der Waals surface area (Å²) in [5.41, 5.74) is 2.39. The van der Waals surface area contributed by atoms with E-state index in [-0.39, 0.29) is 12.0 Å². The van der Waals surface area contributed by atoms with Crippen molar-refractivity contribution in [3.05, 3.63) is 48.5 Å². The van der Waals surface area contributed by atoms with Gasteiger partial charge in [0.1, 0.15) is 11.3 Å². The summed E-state index contributed by atoms with van der Waals surface area (Å²) in [5, 5.41) is 12.5. The lowest BCUT2D eigenvalue weighted by molar-refractivity contribution is 0.102. The summed E-state index contributed by atoms with van der Waals surface area (Å²) in [6.07, 6.45) is 12.9. The Balaban J connectivity index is 0.000000535. The monoisotopic (exact) mass is 420 g/mol. The van der Waals surface area contributed by atoms with Gasteiger partial charge in [0.05, 0.1) is 23.5 Å². The Morgan fingerprint density at radius 1 is 1.26 bits per heavy atom. The zero-order valence-electron chi connectivity index (χ0n) is 18.2. The lowest BCUT2D eigenvalue weighted by Gasteiger charge is -2.27. The number of aromatic nitrogens is 5. The highest BCUT2D eigenvalue weighted by molar-refractivity contribution is 6.09. The van der Waals surface area contributed by atoms with E-state index in [2.05, 4.69) is 34.3 Å². The summed E-state index contributed by atoms with van der Waals surface area (Å²) in [7, 11) is 1.87. The molecule has 0 unspecified atom stereocenters. The number of aryl methyl sites for hydroxylation is 1. The predicted molar refractivity (Wildman–Crippen MR) is 121 cm³/mol. The van der Waals surface area contributed by atoms with E-state index in [1.807, 2.05) is 25.4 Å². The van der Waals surface area contributed by atoms with Gasteiger partial charge in [-0.15, -0.1) is 0 Å². The van der Waals surface area contributed by atoms with Crippen LogP contribution in [-0.2, 0) is 7.05 Å². The molecule has 31 heavy (non-hydrogen) atoms. The van der Waals surface area contributed by atoms with E-state index in [1.54, 1.807) is 27.7 Å². The molecule has 162 valence electrons. The molecule has 0 aliphatic heterocycles. The summed E-state index contributed by atoms with van der Waals surface area (Å²) in [4.78, 5) is 17.1. The van der Waals surface area contributed by atoms with Crippen molar-refractivity contribution in [2.75, 3.05) is 5.32 Å². The summed E-state index contributed by atoms with van der Waals surface area (Å²) < 4.78 is 9.43. The smallest absolute Gasteiger partial charge is 0.261 e. The fourth-order valence-corrected chi connectivity index (χ4v) is 3.22. The zero-order valence-corrected chi connectivity index (χ0v) is 18.2. The minimum Gasteiger partial charge on any atom is -0.488 e. The van der Waals surface area contributed by atoms with Gasteiger partial charge in [-0.2, -0.15) is 10.2 Å². The normalized spacial score (nSPS) is 13.5. The lowest BCUT2D eigenvalue weighted by Crippen LogP contribution is -2.25. The standard InChI is InChI=1S/C19H18N6O2.C4H10/c1-24-11-12-8-16(17(9-15(12)23-24)27-13-4-2-5-13)22-19(26)14-10-21-25-7-3-6-20-18(14)25;1-3-4-2/h3,6-11,13H,2,4-5H2,1H3,(H,22,26);3-4H2,1-2H3. The van der Waals surface area contributed by atoms with E-state index >= 15 is 0 Å². The number of unbranched alkanes of at least 4 members (excludes halogenated alkanes) is 1. The van der Waals surface area contributed by atoms with Crippen LogP contribution in [0, 0.1) is 0 Å². The van der Waals surface area contributed by atoms with Crippen LogP contribution in [0.25, 0.3) is 16.6 Å². The van der Waals surface area contributed by atoms with E-state index in [0.717, 1.165) is 23.7 Å². The van der Waals surface area contributed by atoms with Gasteiger partial charge in [0, 0.05) is 37.1 Å². The van der Waals surface area contributed by atoms with Crippen molar-refractivity contribution in [2.24, 2.45) is 7.05 Å². The van der Waals surface area contributed by atoms with E-state index < -0.39 is 0 Å². The van der Waals surface area contributed by atoms with Crippen LogP contribution < -0.4 is 10.1 Å². The summed E-state index contributed by atoms with van der Waals surface area (Å²) in [6.45, 7) is 4.36. The van der Waals surface area contributed by atoms with Gasteiger partial charge < -0.3 is 10.1 Å². The van der Waals surface area contributed by atoms with Gasteiger partial charge in [-0.25, -0.2) is 9.50 Å². The molecule has 3 heterocycles. The quantitative estimate of drug-likeness (QED) is 0.510. The molecule has 5 rings (SSSR count). The second-order valence-electron chi connectivity index (χ2n) is 7.78. The van der Waals surface area contributed by atoms with Gasteiger partial charge in [-0.05, 0) is 31.4 Å². The number of amides is 1. The van der Waals surface area contributed by atoms with Gasteiger partial charge in [-0.1, -0.05) is 26.7 Å². The molecule has 0 spiro atoms.